The molecule has 4 nitrogen and oxygen atoms in total. The van der Waals surface area contributed by atoms with E-state index in [0.29, 0.717) is 21.4 Å². The molecule has 6 heteroatoms. The second-order valence-electron chi connectivity index (χ2n) is 3.34. The van der Waals surface area contributed by atoms with E-state index in [9.17, 15) is 4.79 Å². The number of hydrogen-bond acceptors (Lipinski definition) is 2. The van der Waals surface area contributed by atoms with Gasteiger partial charge in [-0.2, -0.15) is 0 Å². The molecule has 0 radical (unpaired) electrons. The summed E-state index contributed by atoms with van der Waals surface area (Å²) in [6, 6.07) is 5.10. The molecule has 0 unspecified atom stereocenters. The minimum atomic E-state index is -0.248. The Morgan fingerprint density at radius 2 is 2.18 bits per heavy atom. The van der Waals surface area contributed by atoms with Gasteiger partial charge in [0.1, 0.15) is 12.0 Å². The van der Waals surface area contributed by atoms with Crippen LogP contribution in [0.15, 0.2) is 30.7 Å². The summed E-state index contributed by atoms with van der Waals surface area (Å²) in [4.78, 5) is 15.3. The Morgan fingerprint density at radius 1 is 1.41 bits per heavy atom. The zero-order chi connectivity index (χ0) is 12.4. The molecule has 0 saturated heterocycles. The highest BCUT2D eigenvalue weighted by Gasteiger charge is 2.09. The average molecular weight is 270 g/mol. The maximum absolute atomic E-state index is 11.4. The Hall–Kier alpha value is -1.52. The fourth-order valence-electron chi connectivity index (χ4n) is 1.38. The Bertz CT molecular complexity index is 566. The van der Waals surface area contributed by atoms with Gasteiger partial charge in [0.05, 0.1) is 10.7 Å². The lowest BCUT2D eigenvalue weighted by atomic mass is 10.3. The highest BCUT2D eigenvalue weighted by atomic mass is 35.5. The minimum absolute atomic E-state index is 0.248. The normalized spacial score (nSPS) is 10.3. The van der Waals surface area contributed by atoms with E-state index in [2.05, 4.69) is 10.3 Å². The van der Waals surface area contributed by atoms with Crippen LogP contribution in [0.4, 0.5) is 0 Å². The second-order valence-corrected chi connectivity index (χ2v) is 4.18. The number of nitrogens with zero attached hydrogens (tertiary/aromatic N) is 2. The molecule has 17 heavy (non-hydrogen) atoms. The highest BCUT2D eigenvalue weighted by Crippen LogP contribution is 2.24. The topological polar surface area (TPSA) is 46.9 Å². The van der Waals surface area contributed by atoms with Crippen LogP contribution in [0.2, 0.25) is 10.0 Å². The maximum atomic E-state index is 11.4. The Labute approximate surface area is 108 Å². The summed E-state index contributed by atoms with van der Waals surface area (Å²) >= 11 is 11.9. The fourth-order valence-corrected chi connectivity index (χ4v) is 1.77. The molecule has 1 N–H and O–H groups in total. The van der Waals surface area contributed by atoms with Gasteiger partial charge in [0.2, 0.25) is 0 Å². The SMILES string of the molecule is CNC(=O)c1cn(-c2cc(Cl)ccc2Cl)cn1. The number of nitrogens with one attached hydrogen (secondary N) is 1. The predicted molar refractivity (Wildman–Crippen MR) is 67.0 cm³/mol. The van der Waals surface area contributed by atoms with Gasteiger partial charge >= 0.3 is 0 Å². The van der Waals surface area contributed by atoms with Crippen molar-refractivity contribution in [2.75, 3.05) is 7.05 Å². The lowest BCUT2D eigenvalue weighted by Crippen LogP contribution is -2.17. The summed E-state index contributed by atoms with van der Waals surface area (Å²) < 4.78 is 1.65. The summed E-state index contributed by atoms with van der Waals surface area (Å²) in [6.07, 6.45) is 3.11. The van der Waals surface area contributed by atoms with Gasteiger partial charge in [-0.15, -0.1) is 0 Å². The molecule has 1 aromatic carbocycles. The first-order valence-electron chi connectivity index (χ1n) is 4.83. The Balaban J connectivity index is 2.43. The van der Waals surface area contributed by atoms with E-state index in [1.54, 1.807) is 36.0 Å². The van der Waals surface area contributed by atoms with Crippen LogP contribution in [0, 0.1) is 0 Å². The first kappa shape index (κ1) is 12.0. The molecule has 1 heterocycles. The third-order valence-electron chi connectivity index (χ3n) is 2.23. The molecule has 0 fully saturated rings. The number of rotatable bonds is 2. The van der Waals surface area contributed by atoms with E-state index in [0.717, 1.165) is 0 Å². The molecule has 0 saturated carbocycles. The van der Waals surface area contributed by atoms with Crippen molar-refractivity contribution in [3.8, 4) is 5.69 Å². The molecular weight excluding hydrogens is 261 g/mol. The van der Waals surface area contributed by atoms with Gasteiger partial charge in [-0.25, -0.2) is 4.98 Å². The molecule has 0 atom stereocenters. The van der Waals surface area contributed by atoms with Crippen molar-refractivity contribution in [2.45, 2.75) is 0 Å². The van der Waals surface area contributed by atoms with Gasteiger partial charge in [0.25, 0.3) is 5.91 Å². The van der Waals surface area contributed by atoms with Crippen LogP contribution in [0.3, 0.4) is 0 Å². The maximum Gasteiger partial charge on any atom is 0.271 e. The first-order valence-corrected chi connectivity index (χ1v) is 5.59. The van der Waals surface area contributed by atoms with Crippen molar-refractivity contribution in [3.05, 3.63) is 46.5 Å². The van der Waals surface area contributed by atoms with Crippen LogP contribution < -0.4 is 5.32 Å². The van der Waals surface area contributed by atoms with Crippen molar-refractivity contribution in [3.63, 3.8) is 0 Å². The van der Waals surface area contributed by atoms with E-state index in [1.165, 1.54) is 6.33 Å². The van der Waals surface area contributed by atoms with Crippen LogP contribution in [0.25, 0.3) is 5.69 Å². The number of carbonyl (C=O) groups excluding carboxylic acids is 1. The number of carbonyl (C=O) groups is 1. The molecule has 2 aromatic rings. The van der Waals surface area contributed by atoms with Gasteiger partial charge in [0, 0.05) is 18.3 Å². The van der Waals surface area contributed by atoms with Crippen LogP contribution in [-0.4, -0.2) is 22.5 Å². The minimum Gasteiger partial charge on any atom is -0.354 e. The van der Waals surface area contributed by atoms with Crippen molar-refractivity contribution in [1.29, 1.82) is 0 Å². The zero-order valence-electron chi connectivity index (χ0n) is 8.95. The van der Waals surface area contributed by atoms with Crippen LogP contribution in [0.1, 0.15) is 10.5 Å². The van der Waals surface area contributed by atoms with E-state index in [4.69, 9.17) is 23.2 Å². The van der Waals surface area contributed by atoms with E-state index in [1.807, 2.05) is 0 Å². The van der Waals surface area contributed by atoms with Crippen LogP contribution >= 0.6 is 23.2 Å². The Morgan fingerprint density at radius 3 is 2.88 bits per heavy atom. The fraction of sp³-hybridized carbons (Fsp3) is 0.0909. The molecule has 0 bridgehead atoms. The number of imidazole rings is 1. The number of benzene rings is 1. The quantitative estimate of drug-likeness (QED) is 0.911. The molecule has 1 amide bonds. The molecule has 0 aliphatic rings. The largest absolute Gasteiger partial charge is 0.354 e. The predicted octanol–water partition coefficient (Wildman–Crippen LogP) is 2.54. The molecule has 0 aliphatic heterocycles. The lowest BCUT2D eigenvalue weighted by Gasteiger charge is -2.04. The van der Waals surface area contributed by atoms with Crippen LogP contribution in [0.5, 0.6) is 0 Å². The number of aromatic nitrogens is 2. The van der Waals surface area contributed by atoms with Crippen molar-refractivity contribution in [2.24, 2.45) is 0 Å². The Kier molecular flexibility index (Phi) is 3.36. The molecule has 1 aromatic heterocycles. The molecule has 88 valence electrons. The monoisotopic (exact) mass is 269 g/mol. The van der Waals surface area contributed by atoms with Crippen molar-refractivity contribution < 1.29 is 4.79 Å². The smallest absolute Gasteiger partial charge is 0.271 e. The van der Waals surface area contributed by atoms with Gasteiger partial charge in [-0.1, -0.05) is 23.2 Å². The van der Waals surface area contributed by atoms with Gasteiger partial charge in [-0.3, -0.25) is 4.79 Å². The van der Waals surface area contributed by atoms with Crippen molar-refractivity contribution >= 4 is 29.1 Å². The number of amides is 1. The summed E-state index contributed by atoms with van der Waals surface area (Å²) in [5, 5.41) is 3.60. The van der Waals surface area contributed by atoms with Gasteiger partial charge in [-0.05, 0) is 18.2 Å². The number of hydrogen-bond donors (Lipinski definition) is 1. The highest BCUT2D eigenvalue weighted by molar-refractivity contribution is 6.34. The second kappa shape index (κ2) is 4.77. The third-order valence-corrected chi connectivity index (χ3v) is 2.78. The third kappa shape index (κ3) is 2.43. The van der Waals surface area contributed by atoms with Gasteiger partial charge < -0.3 is 9.88 Å². The van der Waals surface area contributed by atoms with Crippen molar-refractivity contribution in [1.82, 2.24) is 14.9 Å². The van der Waals surface area contributed by atoms with E-state index >= 15 is 0 Å². The average Bonchev–Trinajstić information content (AvgIpc) is 2.80. The molecule has 2 rings (SSSR count). The molecular formula is C11H9Cl2N3O. The first-order chi connectivity index (χ1) is 8.11. The summed E-state index contributed by atoms with van der Waals surface area (Å²) in [5.41, 5.74) is 1.00. The number of halogens is 2. The summed E-state index contributed by atoms with van der Waals surface area (Å²) in [5.74, 6) is -0.248. The standard InChI is InChI=1S/C11H9Cl2N3O/c1-14-11(17)9-5-16(6-15-9)10-4-7(12)2-3-8(10)13/h2-6H,1H3,(H,14,17). The summed E-state index contributed by atoms with van der Waals surface area (Å²) in [7, 11) is 1.55. The molecule has 0 spiro atoms. The van der Waals surface area contributed by atoms with Gasteiger partial charge in [0.15, 0.2) is 0 Å². The zero-order valence-corrected chi connectivity index (χ0v) is 10.5. The lowest BCUT2D eigenvalue weighted by molar-refractivity contribution is 0.0958. The van der Waals surface area contributed by atoms with E-state index < -0.39 is 0 Å². The van der Waals surface area contributed by atoms with Crippen LogP contribution in [-0.2, 0) is 0 Å². The molecule has 0 aliphatic carbocycles. The van der Waals surface area contributed by atoms with E-state index in [-0.39, 0.29) is 5.91 Å². The summed E-state index contributed by atoms with van der Waals surface area (Å²) in [6.45, 7) is 0.